The summed E-state index contributed by atoms with van der Waals surface area (Å²) in [5.74, 6) is -0.838. The topological polar surface area (TPSA) is 73.7 Å². The second-order valence-electron chi connectivity index (χ2n) is 5.89. The normalized spacial score (nSPS) is 21.9. The first-order chi connectivity index (χ1) is 9.92. The molecule has 0 spiro atoms. The van der Waals surface area contributed by atoms with Gasteiger partial charge in [0.25, 0.3) is 0 Å². The molecule has 1 unspecified atom stereocenters. The lowest BCUT2D eigenvalue weighted by atomic mass is 9.82. The van der Waals surface area contributed by atoms with Crippen LogP contribution in [0.4, 0.5) is 4.79 Å². The molecule has 0 saturated carbocycles. The number of pyridine rings is 1. The molecule has 1 aromatic rings. The Morgan fingerprint density at radius 2 is 2.29 bits per heavy atom. The van der Waals surface area contributed by atoms with Crippen LogP contribution in [0.25, 0.3) is 0 Å². The Morgan fingerprint density at radius 1 is 1.52 bits per heavy atom. The molecule has 1 saturated heterocycles. The van der Waals surface area contributed by atoms with Gasteiger partial charge in [0, 0.05) is 39.1 Å². The maximum Gasteiger partial charge on any atom is 0.320 e. The number of piperidine rings is 1. The molecule has 1 aliphatic rings. The summed E-state index contributed by atoms with van der Waals surface area (Å²) in [6.07, 6.45) is 4.74. The van der Waals surface area contributed by atoms with E-state index >= 15 is 0 Å². The molecule has 1 aliphatic heterocycles. The van der Waals surface area contributed by atoms with Gasteiger partial charge in [0.05, 0.1) is 5.41 Å². The molecule has 1 N–H and O–H groups in total. The third-order valence-corrected chi connectivity index (χ3v) is 3.95. The number of aromatic nitrogens is 1. The highest BCUT2D eigenvalue weighted by atomic mass is 16.4. The van der Waals surface area contributed by atoms with Crippen molar-refractivity contribution in [3.05, 3.63) is 30.1 Å². The summed E-state index contributed by atoms with van der Waals surface area (Å²) in [4.78, 5) is 31.1. The van der Waals surface area contributed by atoms with Crippen molar-refractivity contribution in [2.45, 2.75) is 26.3 Å². The number of carbonyl (C=O) groups excluding carboxylic acids is 1. The Morgan fingerprint density at radius 3 is 2.90 bits per heavy atom. The molecule has 1 fully saturated rings. The number of rotatable bonds is 3. The summed E-state index contributed by atoms with van der Waals surface area (Å²) >= 11 is 0. The van der Waals surface area contributed by atoms with Crippen molar-refractivity contribution in [1.29, 1.82) is 0 Å². The number of hydrogen-bond donors (Lipinski definition) is 1. The molecule has 6 heteroatoms. The Labute approximate surface area is 124 Å². The van der Waals surface area contributed by atoms with Crippen molar-refractivity contribution in [3.63, 3.8) is 0 Å². The molecule has 0 aromatic carbocycles. The van der Waals surface area contributed by atoms with E-state index in [0.29, 0.717) is 19.5 Å². The van der Waals surface area contributed by atoms with Crippen LogP contribution in [-0.2, 0) is 11.3 Å². The van der Waals surface area contributed by atoms with E-state index in [9.17, 15) is 14.7 Å². The molecule has 21 heavy (non-hydrogen) atoms. The van der Waals surface area contributed by atoms with Crippen LogP contribution in [0, 0.1) is 5.41 Å². The van der Waals surface area contributed by atoms with Crippen LogP contribution in [0.3, 0.4) is 0 Å². The zero-order valence-electron chi connectivity index (χ0n) is 12.5. The molecular formula is C15H21N3O3. The molecular weight excluding hydrogens is 270 g/mol. The number of carbonyl (C=O) groups is 2. The predicted molar refractivity (Wildman–Crippen MR) is 77.6 cm³/mol. The summed E-state index contributed by atoms with van der Waals surface area (Å²) in [6.45, 7) is 3.04. The highest BCUT2D eigenvalue weighted by Gasteiger charge is 2.39. The standard InChI is InChI=1S/C15H21N3O3/c1-15(13(19)20)6-4-8-18(11-15)14(21)17(2)10-12-5-3-7-16-9-12/h3,5,7,9H,4,6,8,10-11H2,1-2H3,(H,19,20). The van der Waals surface area contributed by atoms with Gasteiger partial charge in [0.2, 0.25) is 0 Å². The zero-order chi connectivity index (χ0) is 15.5. The van der Waals surface area contributed by atoms with E-state index in [1.807, 2.05) is 12.1 Å². The van der Waals surface area contributed by atoms with Gasteiger partial charge >= 0.3 is 12.0 Å². The molecule has 0 aliphatic carbocycles. The number of amides is 2. The fraction of sp³-hybridized carbons (Fsp3) is 0.533. The maximum atomic E-state index is 12.5. The van der Waals surface area contributed by atoms with Crippen molar-refractivity contribution in [3.8, 4) is 0 Å². The van der Waals surface area contributed by atoms with E-state index in [0.717, 1.165) is 12.0 Å². The lowest BCUT2D eigenvalue weighted by Gasteiger charge is -2.39. The van der Waals surface area contributed by atoms with E-state index in [1.165, 1.54) is 0 Å². The second kappa shape index (κ2) is 6.11. The van der Waals surface area contributed by atoms with Crippen LogP contribution in [0.5, 0.6) is 0 Å². The molecule has 1 atom stereocenters. The van der Waals surface area contributed by atoms with Crippen LogP contribution < -0.4 is 0 Å². The minimum absolute atomic E-state index is 0.133. The van der Waals surface area contributed by atoms with Crippen LogP contribution >= 0.6 is 0 Å². The fourth-order valence-electron chi connectivity index (χ4n) is 2.65. The third-order valence-electron chi connectivity index (χ3n) is 3.95. The molecule has 0 radical (unpaired) electrons. The third kappa shape index (κ3) is 3.51. The van der Waals surface area contributed by atoms with E-state index < -0.39 is 11.4 Å². The molecule has 1 aromatic heterocycles. The van der Waals surface area contributed by atoms with E-state index in [1.54, 1.807) is 36.2 Å². The average molecular weight is 291 g/mol. The number of carboxylic acids is 1. The number of urea groups is 1. The smallest absolute Gasteiger partial charge is 0.320 e. The number of likely N-dealkylation sites (tertiary alicyclic amines) is 1. The molecule has 114 valence electrons. The summed E-state index contributed by atoms with van der Waals surface area (Å²) in [5, 5.41) is 9.31. The maximum absolute atomic E-state index is 12.5. The number of nitrogens with zero attached hydrogens (tertiary/aromatic N) is 3. The Kier molecular flexibility index (Phi) is 4.45. The van der Waals surface area contributed by atoms with Gasteiger partial charge < -0.3 is 14.9 Å². The van der Waals surface area contributed by atoms with E-state index in [2.05, 4.69) is 4.98 Å². The van der Waals surface area contributed by atoms with Crippen molar-refractivity contribution < 1.29 is 14.7 Å². The Hall–Kier alpha value is -2.11. The molecule has 0 bridgehead atoms. The van der Waals surface area contributed by atoms with Gasteiger partial charge in [-0.15, -0.1) is 0 Å². The first-order valence-corrected chi connectivity index (χ1v) is 7.05. The first-order valence-electron chi connectivity index (χ1n) is 7.05. The minimum Gasteiger partial charge on any atom is -0.481 e. The second-order valence-corrected chi connectivity index (χ2v) is 5.89. The predicted octanol–water partition coefficient (Wildman–Crippen LogP) is 1.82. The average Bonchev–Trinajstić information content (AvgIpc) is 2.47. The summed E-state index contributed by atoms with van der Waals surface area (Å²) in [6, 6.07) is 3.61. The summed E-state index contributed by atoms with van der Waals surface area (Å²) in [7, 11) is 1.72. The number of hydrogen-bond acceptors (Lipinski definition) is 3. The number of carboxylic acid groups (broad SMARTS) is 1. The monoisotopic (exact) mass is 291 g/mol. The van der Waals surface area contributed by atoms with Crippen LogP contribution in [0.15, 0.2) is 24.5 Å². The molecule has 2 heterocycles. The van der Waals surface area contributed by atoms with Crippen molar-refractivity contribution in [2.24, 2.45) is 5.41 Å². The molecule has 2 rings (SSSR count). The van der Waals surface area contributed by atoms with Crippen LogP contribution in [0.2, 0.25) is 0 Å². The Bertz CT molecular complexity index is 520. The zero-order valence-corrected chi connectivity index (χ0v) is 12.5. The quantitative estimate of drug-likeness (QED) is 0.922. The van der Waals surface area contributed by atoms with Crippen molar-refractivity contribution >= 4 is 12.0 Å². The largest absolute Gasteiger partial charge is 0.481 e. The van der Waals surface area contributed by atoms with Gasteiger partial charge in [-0.25, -0.2) is 4.79 Å². The van der Waals surface area contributed by atoms with Gasteiger partial charge in [0.1, 0.15) is 0 Å². The van der Waals surface area contributed by atoms with E-state index in [-0.39, 0.29) is 12.6 Å². The van der Waals surface area contributed by atoms with Crippen molar-refractivity contribution in [2.75, 3.05) is 20.1 Å². The lowest BCUT2D eigenvalue weighted by molar-refractivity contribution is -0.150. The van der Waals surface area contributed by atoms with Gasteiger partial charge in [-0.05, 0) is 31.4 Å². The van der Waals surface area contributed by atoms with Gasteiger partial charge in [-0.1, -0.05) is 6.07 Å². The van der Waals surface area contributed by atoms with Crippen LogP contribution in [0.1, 0.15) is 25.3 Å². The first kappa shape index (κ1) is 15.3. The van der Waals surface area contributed by atoms with Crippen LogP contribution in [-0.4, -0.2) is 52.0 Å². The summed E-state index contributed by atoms with van der Waals surface area (Å²) < 4.78 is 0. The van der Waals surface area contributed by atoms with Gasteiger partial charge in [-0.3, -0.25) is 9.78 Å². The van der Waals surface area contributed by atoms with Gasteiger partial charge in [0.15, 0.2) is 0 Å². The molecule has 6 nitrogen and oxygen atoms in total. The SMILES string of the molecule is CN(Cc1cccnc1)C(=O)N1CCCC(C)(C(=O)O)C1. The lowest BCUT2D eigenvalue weighted by Crippen LogP contribution is -2.51. The number of aliphatic carboxylic acids is 1. The Balaban J connectivity index is 2.00. The highest BCUT2D eigenvalue weighted by molar-refractivity contribution is 5.78. The highest BCUT2D eigenvalue weighted by Crippen LogP contribution is 2.30. The minimum atomic E-state index is -0.844. The fourth-order valence-corrected chi connectivity index (χ4v) is 2.65. The van der Waals surface area contributed by atoms with E-state index in [4.69, 9.17) is 0 Å². The van der Waals surface area contributed by atoms with Gasteiger partial charge in [-0.2, -0.15) is 0 Å². The van der Waals surface area contributed by atoms with Crippen molar-refractivity contribution in [1.82, 2.24) is 14.8 Å². The molecule has 2 amide bonds. The summed E-state index contributed by atoms with van der Waals surface area (Å²) in [5.41, 5.74) is 0.106.